The van der Waals surface area contributed by atoms with Gasteiger partial charge in [-0.3, -0.25) is 0 Å². The lowest BCUT2D eigenvalue weighted by Crippen LogP contribution is -2.05. The summed E-state index contributed by atoms with van der Waals surface area (Å²) in [6, 6.07) is 15.6. The summed E-state index contributed by atoms with van der Waals surface area (Å²) < 4.78 is 0. The Morgan fingerprint density at radius 1 is 0.864 bits per heavy atom. The van der Waals surface area contributed by atoms with E-state index in [1.165, 1.54) is 52.8 Å². The fraction of sp³-hybridized carbons (Fsp3) is 0.429. The maximum Gasteiger partial charge on any atom is 0.0133 e. The van der Waals surface area contributed by atoms with Gasteiger partial charge in [-0.2, -0.15) is 0 Å². The zero-order chi connectivity index (χ0) is 15.9. The third-order valence-corrected chi connectivity index (χ3v) is 5.86. The first-order valence-corrected chi connectivity index (χ1v) is 9.26. The van der Waals surface area contributed by atoms with Gasteiger partial charge in [0.25, 0.3) is 0 Å². The summed E-state index contributed by atoms with van der Waals surface area (Å²) in [6.07, 6.45) is 5.00. The van der Waals surface area contributed by atoms with Crippen molar-refractivity contribution in [1.29, 1.82) is 0 Å². The van der Waals surface area contributed by atoms with Crippen LogP contribution in [0.3, 0.4) is 0 Å². The molecule has 0 N–H and O–H groups in total. The van der Waals surface area contributed by atoms with Crippen LogP contribution in [0.4, 0.5) is 0 Å². The van der Waals surface area contributed by atoms with Gasteiger partial charge in [-0.05, 0) is 56.7 Å². The Bertz CT molecular complexity index is 563. The highest BCUT2D eigenvalue weighted by Gasteiger charge is 2.13. The van der Waals surface area contributed by atoms with Gasteiger partial charge in [0, 0.05) is 10.1 Å². The molecular weight excluding hydrogens is 284 g/mol. The average Bonchev–Trinajstić information content (AvgIpc) is 2.50. The monoisotopic (exact) mass is 312 g/mol. The number of aryl methyl sites for hydroxylation is 4. The molecule has 1 heteroatoms. The molecule has 0 fully saturated rings. The molecule has 2 rings (SSSR count). The first-order chi connectivity index (χ1) is 10.6. The summed E-state index contributed by atoms with van der Waals surface area (Å²) in [5.41, 5.74) is 5.65. The van der Waals surface area contributed by atoms with Crippen molar-refractivity contribution < 1.29 is 0 Å². The van der Waals surface area contributed by atoms with Gasteiger partial charge in [0.15, 0.2) is 0 Å². The average molecular weight is 313 g/mol. The van der Waals surface area contributed by atoms with Gasteiger partial charge in [-0.25, -0.2) is 0 Å². The summed E-state index contributed by atoms with van der Waals surface area (Å²) in [5, 5.41) is 0.714. The Morgan fingerprint density at radius 2 is 1.50 bits per heavy atom. The topological polar surface area (TPSA) is 0 Å². The second kappa shape index (κ2) is 8.43. The molecule has 0 amide bonds. The van der Waals surface area contributed by atoms with Crippen LogP contribution in [-0.4, -0.2) is 5.25 Å². The van der Waals surface area contributed by atoms with E-state index in [2.05, 4.69) is 81.9 Å². The van der Waals surface area contributed by atoms with Crippen LogP contribution in [-0.2, 0) is 6.42 Å². The van der Waals surface area contributed by atoms with Gasteiger partial charge in [0.2, 0.25) is 0 Å². The molecule has 0 aliphatic rings. The van der Waals surface area contributed by atoms with Gasteiger partial charge in [0.05, 0.1) is 0 Å². The minimum absolute atomic E-state index is 0.714. The second-order valence-corrected chi connectivity index (χ2v) is 7.58. The molecule has 0 saturated heterocycles. The maximum absolute atomic E-state index is 2.30. The Kier molecular flexibility index (Phi) is 6.57. The van der Waals surface area contributed by atoms with Crippen molar-refractivity contribution in [2.75, 3.05) is 0 Å². The summed E-state index contributed by atoms with van der Waals surface area (Å²) >= 11 is 2.09. The van der Waals surface area contributed by atoms with Crippen molar-refractivity contribution in [3.63, 3.8) is 0 Å². The van der Waals surface area contributed by atoms with Crippen LogP contribution in [0.15, 0.2) is 47.4 Å². The predicted molar refractivity (Wildman–Crippen MR) is 100.0 cm³/mol. The van der Waals surface area contributed by atoms with Crippen molar-refractivity contribution in [2.24, 2.45) is 0 Å². The highest BCUT2D eigenvalue weighted by molar-refractivity contribution is 8.00. The van der Waals surface area contributed by atoms with Crippen molar-refractivity contribution in [3.8, 4) is 0 Å². The number of rotatable bonds is 7. The summed E-state index contributed by atoms with van der Waals surface area (Å²) in [6.45, 7) is 8.92. The maximum atomic E-state index is 2.30. The first-order valence-electron chi connectivity index (χ1n) is 8.38. The summed E-state index contributed by atoms with van der Waals surface area (Å²) in [7, 11) is 0. The molecule has 0 bridgehead atoms. The quantitative estimate of drug-likeness (QED) is 0.525. The number of hydrogen-bond acceptors (Lipinski definition) is 1. The van der Waals surface area contributed by atoms with Crippen LogP contribution in [0, 0.1) is 20.8 Å². The highest BCUT2D eigenvalue weighted by Crippen LogP contribution is 2.34. The zero-order valence-electron chi connectivity index (χ0n) is 14.4. The van der Waals surface area contributed by atoms with Crippen LogP contribution >= 0.6 is 11.8 Å². The van der Waals surface area contributed by atoms with E-state index >= 15 is 0 Å². The highest BCUT2D eigenvalue weighted by atomic mass is 32.2. The molecule has 0 aliphatic carbocycles. The molecule has 2 aromatic rings. The molecule has 0 saturated carbocycles. The Hall–Kier alpha value is -1.21. The van der Waals surface area contributed by atoms with E-state index in [1.54, 1.807) is 0 Å². The second-order valence-electron chi connectivity index (χ2n) is 6.27. The molecule has 2 aromatic carbocycles. The van der Waals surface area contributed by atoms with Crippen LogP contribution in [0.2, 0.25) is 0 Å². The number of hydrogen-bond donors (Lipinski definition) is 0. The van der Waals surface area contributed by atoms with E-state index in [9.17, 15) is 0 Å². The van der Waals surface area contributed by atoms with Crippen molar-refractivity contribution in [1.82, 2.24) is 0 Å². The van der Waals surface area contributed by atoms with Crippen LogP contribution in [0.1, 0.15) is 48.4 Å². The molecule has 1 atom stereocenters. The van der Waals surface area contributed by atoms with Gasteiger partial charge >= 0.3 is 0 Å². The summed E-state index contributed by atoms with van der Waals surface area (Å²) in [4.78, 5) is 1.49. The lowest BCUT2D eigenvalue weighted by Gasteiger charge is -2.19. The molecule has 0 heterocycles. The molecular formula is C21H28S. The fourth-order valence-electron chi connectivity index (χ4n) is 2.82. The molecule has 0 aromatic heterocycles. The normalized spacial score (nSPS) is 12.4. The molecule has 0 nitrogen and oxygen atoms in total. The largest absolute Gasteiger partial charge is 0.122 e. The Balaban J connectivity index is 2.02. The molecule has 22 heavy (non-hydrogen) atoms. The van der Waals surface area contributed by atoms with Gasteiger partial charge in [0.1, 0.15) is 0 Å². The van der Waals surface area contributed by atoms with Gasteiger partial charge < -0.3 is 0 Å². The molecule has 1 unspecified atom stereocenters. The molecule has 0 aliphatic heterocycles. The third kappa shape index (κ3) is 4.91. The Morgan fingerprint density at radius 3 is 2.09 bits per heavy atom. The van der Waals surface area contributed by atoms with E-state index in [0.717, 1.165) is 0 Å². The van der Waals surface area contributed by atoms with Crippen LogP contribution in [0.25, 0.3) is 0 Å². The van der Waals surface area contributed by atoms with Crippen LogP contribution in [0.5, 0.6) is 0 Å². The van der Waals surface area contributed by atoms with Gasteiger partial charge in [-0.15, -0.1) is 11.8 Å². The molecule has 0 radical (unpaired) electrons. The van der Waals surface area contributed by atoms with E-state index in [0.29, 0.717) is 5.25 Å². The van der Waals surface area contributed by atoms with Crippen LogP contribution < -0.4 is 0 Å². The van der Waals surface area contributed by atoms with E-state index in [-0.39, 0.29) is 0 Å². The first kappa shape index (κ1) is 17.1. The zero-order valence-corrected chi connectivity index (χ0v) is 15.2. The van der Waals surface area contributed by atoms with E-state index < -0.39 is 0 Å². The van der Waals surface area contributed by atoms with Crippen molar-refractivity contribution in [2.45, 2.75) is 63.5 Å². The minimum Gasteiger partial charge on any atom is -0.122 e. The third-order valence-electron chi connectivity index (χ3n) is 4.18. The Labute approximate surface area is 140 Å². The molecule has 0 spiro atoms. The fourth-order valence-corrected chi connectivity index (χ4v) is 4.25. The number of benzene rings is 2. The van der Waals surface area contributed by atoms with Crippen molar-refractivity contribution in [3.05, 3.63) is 64.7 Å². The van der Waals surface area contributed by atoms with Gasteiger partial charge in [-0.1, -0.05) is 61.4 Å². The molecule has 118 valence electrons. The minimum atomic E-state index is 0.714. The standard InChI is InChI=1S/C21H28S/c1-5-7-20(15-14-19-12-10-16(2)11-13-19)22-21-17(3)8-6-9-18(21)4/h6,8-13,20H,5,7,14-15H2,1-4H3. The van der Waals surface area contributed by atoms with E-state index in [4.69, 9.17) is 0 Å². The SMILES string of the molecule is CCCC(CCc1ccc(C)cc1)Sc1c(C)cccc1C. The van der Waals surface area contributed by atoms with Crippen molar-refractivity contribution >= 4 is 11.8 Å². The smallest absolute Gasteiger partial charge is 0.0133 e. The number of thioether (sulfide) groups is 1. The summed E-state index contributed by atoms with van der Waals surface area (Å²) in [5.74, 6) is 0. The predicted octanol–water partition coefficient (Wildman–Crippen LogP) is 6.51. The van der Waals surface area contributed by atoms with E-state index in [1.807, 2.05) is 0 Å². The lowest BCUT2D eigenvalue weighted by atomic mass is 10.0. The lowest BCUT2D eigenvalue weighted by molar-refractivity contribution is 0.683.